The fraction of sp³-hybridized carbons (Fsp3) is 0.0526. The van der Waals surface area contributed by atoms with Crippen LogP contribution >= 0.6 is 0 Å². The number of fused-ring (bicyclic) bond motifs is 5. The molecule has 0 amide bonds. The number of benzene rings is 6. The highest BCUT2D eigenvalue weighted by atomic mass is 16.3. The second-order valence-electron chi connectivity index (χ2n) is 9.37. The molecule has 1 nitrogen and oxygen atoms in total. The van der Waals surface area contributed by atoms with Crippen LogP contribution in [0.25, 0.3) is 71.3 Å². The summed E-state index contributed by atoms with van der Waals surface area (Å²) in [4.78, 5) is 0. The molecule has 0 aliphatic heterocycles. The molecule has 39 heavy (non-hydrogen) atoms. The lowest BCUT2D eigenvalue weighted by molar-refractivity contribution is 0.667. The van der Waals surface area contributed by atoms with Crippen molar-refractivity contribution >= 4 is 49.1 Å². The average molecular weight is 512 g/mol. The molecule has 1 aliphatic rings. The predicted octanol–water partition coefficient (Wildman–Crippen LogP) is 11.0. The molecule has 8 rings (SSSR count). The van der Waals surface area contributed by atoms with Crippen LogP contribution in [0.4, 0.5) is 0 Å². The minimum Gasteiger partial charge on any atom is -0.455 e. The number of furan rings is 1. The number of hydrogen-bond acceptors (Lipinski definition) is 1. The lowest BCUT2D eigenvalue weighted by Gasteiger charge is -2.19. The van der Waals surface area contributed by atoms with Crippen molar-refractivity contribution in [3.05, 3.63) is 139 Å². The third-order valence-corrected chi connectivity index (χ3v) is 7.28. The summed E-state index contributed by atoms with van der Waals surface area (Å²) in [6.45, 7) is 0. The zero-order valence-electron chi connectivity index (χ0n) is 33.5. The number of para-hydroxylation sites is 1. The molecular weight excluding hydrogens is 472 g/mol. The number of hydrogen-bond donors (Lipinski definition) is 0. The molecule has 0 fully saturated rings. The zero-order valence-corrected chi connectivity index (χ0v) is 20.5. The summed E-state index contributed by atoms with van der Waals surface area (Å²) in [5, 5.41) is 0.457. The van der Waals surface area contributed by atoms with Crippen molar-refractivity contribution in [3.8, 4) is 22.3 Å². The fourth-order valence-electron chi connectivity index (χ4n) is 5.64. The highest BCUT2D eigenvalue weighted by Gasteiger charge is 2.22. The first-order valence-corrected chi connectivity index (χ1v) is 12.6. The van der Waals surface area contributed by atoms with Crippen LogP contribution in [-0.4, -0.2) is 0 Å². The Kier molecular flexibility index (Phi) is 2.90. The molecule has 6 aromatic carbocycles. The average Bonchev–Trinajstić information content (AvgIpc) is 3.55. The van der Waals surface area contributed by atoms with E-state index in [1.165, 1.54) is 0 Å². The summed E-state index contributed by atoms with van der Waals surface area (Å²) in [6, 6.07) is 2.58. The summed E-state index contributed by atoms with van der Waals surface area (Å²) < 4.78 is 121. The molecule has 0 saturated carbocycles. The maximum absolute atomic E-state index is 9.31. The fourth-order valence-corrected chi connectivity index (χ4v) is 5.64. The molecule has 1 heterocycles. The topological polar surface area (TPSA) is 13.1 Å². The van der Waals surface area contributed by atoms with E-state index in [1.54, 1.807) is 12.1 Å². The maximum atomic E-state index is 9.31. The zero-order chi connectivity index (χ0) is 37.1. The highest BCUT2D eigenvalue weighted by molar-refractivity contribution is 6.26. The molecule has 184 valence electrons. The van der Waals surface area contributed by atoms with Gasteiger partial charge in [-0.25, -0.2) is 0 Å². The van der Waals surface area contributed by atoms with Gasteiger partial charge < -0.3 is 4.42 Å². The van der Waals surface area contributed by atoms with E-state index in [9.17, 15) is 5.48 Å². The summed E-state index contributed by atoms with van der Waals surface area (Å²) in [6.07, 6.45) is 7.57. The van der Waals surface area contributed by atoms with Crippen LogP contribution in [0.5, 0.6) is 0 Å². The van der Waals surface area contributed by atoms with Gasteiger partial charge in [0, 0.05) is 16.3 Å². The molecule has 1 aliphatic carbocycles. The second kappa shape index (κ2) is 8.85. The van der Waals surface area contributed by atoms with Crippen LogP contribution < -0.4 is 0 Å². The Morgan fingerprint density at radius 1 is 0.615 bits per heavy atom. The van der Waals surface area contributed by atoms with Gasteiger partial charge in [-0.2, -0.15) is 0 Å². The first kappa shape index (κ1) is 12.8. The molecule has 0 radical (unpaired) electrons. The van der Waals surface area contributed by atoms with E-state index in [0.29, 0.717) is 27.5 Å². The van der Waals surface area contributed by atoms with Gasteiger partial charge in [-0.15, -0.1) is 0 Å². The summed E-state index contributed by atoms with van der Waals surface area (Å²) >= 11 is 0. The van der Waals surface area contributed by atoms with Crippen molar-refractivity contribution in [2.75, 3.05) is 0 Å². The van der Waals surface area contributed by atoms with Gasteiger partial charge in [0.05, 0.1) is 17.8 Å². The lowest BCUT2D eigenvalue weighted by Crippen LogP contribution is -1.93. The maximum Gasteiger partial charge on any atom is 0.143 e. The quantitative estimate of drug-likeness (QED) is 0.215. The van der Waals surface area contributed by atoms with Crippen molar-refractivity contribution in [1.29, 1.82) is 0 Å². The molecule has 0 atom stereocenters. The van der Waals surface area contributed by atoms with Crippen LogP contribution in [0.2, 0.25) is 0 Å². The molecule has 0 bridgehead atoms. The van der Waals surface area contributed by atoms with Gasteiger partial charge in [0.15, 0.2) is 0 Å². The lowest BCUT2D eigenvalue weighted by atomic mass is 9.84. The molecule has 0 saturated heterocycles. The normalized spacial score (nSPS) is 18.2. The van der Waals surface area contributed by atoms with E-state index in [1.807, 2.05) is 36.4 Å². The van der Waals surface area contributed by atoms with Crippen molar-refractivity contribution in [1.82, 2.24) is 0 Å². The molecule has 0 N–H and O–H groups in total. The first-order chi connectivity index (χ1) is 24.8. The van der Waals surface area contributed by atoms with Crippen molar-refractivity contribution < 1.29 is 22.2 Å². The first-order valence-electron chi connectivity index (χ1n) is 19.1. The SMILES string of the molecule is [2H]c1c([2H])c([2H])c(-c2c3c([2H])c([2H])c([2H])c([2H])c3c(-c3ccc(C4=CC=CCC4)c4oc5ccccc5c34)c3c([2H])c([2H])c([2H])c([2H])c23)c([2H])c1[2H]. The minimum absolute atomic E-state index is 0.0701. The van der Waals surface area contributed by atoms with Gasteiger partial charge in [0.25, 0.3) is 0 Å². The Balaban J connectivity index is 1.72. The molecule has 0 spiro atoms. The largest absolute Gasteiger partial charge is 0.455 e. The van der Waals surface area contributed by atoms with Crippen LogP contribution in [0.3, 0.4) is 0 Å². The molecule has 0 unspecified atom stereocenters. The predicted molar refractivity (Wildman–Crippen MR) is 166 cm³/mol. The molecular formula is C38H26O. The van der Waals surface area contributed by atoms with Gasteiger partial charge in [0.1, 0.15) is 11.2 Å². The van der Waals surface area contributed by atoms with Crippen molar-refractivity contribution in [2.45, 2.75) is 12.8 Å². The van der Waals surface area contributed by atoms with Gasteiger partial charge in [-0.05, 0) is 68.3 Å². The van der Waals surface area contributed by atoms with Gasteiger partial charge in [-0.3, -0.25) is 0 Å². The summed E-state index contributed by atoms with van der Waals surface area (Å²) in [5.74, 6) is 0. The van der Waals surface area contributed by atoms with E-state index in [4.69, 9.17) is 16.8 Å². The van der Waals surface area contributed by atoms with Crippen LogP contribution in [-0.2, 0) is 0 Å². The Hall–Kier alpha value is -4.88. The minimum atomic E-state index is -0.711. The summed E-state index contributed by atoms with van der Waals surface area (Å²) in [5.41, 5.74) is 2.50. The monoisotopic (exact) mass is 511 g/mol. The van der Waals surface area contributed by atoms with Crippen LogP contribution in [0, 0.1) is 0 Å². The number of allylic oxidation sites excluding steroid dienone is 4. The second-order valence-corrected chi connectivity index (χ2v) is 9.37. The number of rotatable bonds is 3. The van der Waals surface area contributed by atoms with E-state index in [0.717, 1.165) is 24.0 Å². The van der Waals surface area contributed by atoms with Gasteiger partial charge >= 0.3 is 0 Å². The Morgan fingerprint density at radius 3 is 1.95 bits per heavy atom. The Labute approximate surface area is 245 Å². The van der Waals surface area contributed by atoms with E-state index < -0.39 is 84.1 Å². The van der Waals surface area contributed by atoms with Crippen molar-refractivity contribution in [3.63, 3.8) is 0 Å². The molecule has 1 aromatic heterocycles. The molecule has 1 heteroatoms. The Bertz CT molecular complexity index is 2720. The molecule has 7 aromatic rings. The Morgan fingerprint density at radius 2 is 1.26 bits per heavy atom. The van der Waals surface area contributed by atoms with Crippen molar-refractivity contribution in [2.24, 2.45) is 0 Å². The van der Waals surface area contributed by atoms with Gasteiger partial charge in [-0.1, -0.05) is 127 Å². The van der Waals surface area contributed by atoms with Crippen LogP contribution in [0.15, 0.2) is 138 Å². The smallest absolute Gasteiger partial charge is 0.143 e. The van der Waals surface area contributed by atoms with E-state index in [2.05, 4.69) is 6.08 Å². The highest BCUT2D eigenvalue weighted by Crippen LogP contribution is 2.48. The van der Waals surface area contributed by atoms with E-state index in [-0.39, 0.29) is 32.7 Å². The standard InChI is InChI=1S/C38H26O/c1-3-13-25(14-4-1)27-23-24-33(37-32-21-11-12-22-34(32)39-38(27)37)36-30-19-9-7-17-28(30)35(26-15-5-2-6-16-26)29-18-8-10-20-31(29)36/h1-3,5-13,15-24H,4,14H2/i2D,5D,6D,7D,8D,9D,10D,15D,16D,17D,18D,19D,20D. The third-order valence-electron chi connectivity index (χ3n) is 7.28. The van der Waals surface area contributed by atoms with Crippen LogP contribution in [0.1, 0.15) is 36.2 Å². The third kappa shape index (κ3) is 3.40. The van der Waals surface area contributed by atoms with E-state index >= 15 is 0 Å². The summed E-state index contributed by atoms with van der Waals surface area (Å²) in [7, 11) is 0. The van der Waals surface area contributed by atoms with Gasteiger partial charge in [0.2, 0.25) is 0 Å².